The van der Waals surface area contributed by atoms with Gasteiger partial charge in [-0.2, -0.15) is 0 Å². The lowest BCUT2D eigenvalue weighted by Gasteiger charge is -2.18. The number of benzene rings is 2. The van der Waals surface area contributed by atoms with Gasteiger partial charge in [-0.1, -0.05) is 23.2 Å². The number of aryl methyl sites for hydroxylation is 1. The van der Waals surface area contributed by atoms with E-state index < -0.39 is 11.9 Å². The summed E-state index contributed by atoms with van der Waals surface area (Å²) < 4.78 is 19.4. The molecule has 1 heterocycles. The summed E-state index contributed by atoms with van der Waals surface area (Å²) in [5.41, 5.74) is 2.33. The van der Waals surface area contributed by atoms with Crippen LogP contribution >= 0.6 is 23.2 Å². The van der Waals surface area contributed by atoms with Crippen LogP contribution in [-0.4, -0.2) is 18.4 Å². The normalized spacial score (nSPS) is 14.0. The van der Waals surface area contributed by atoms with Gasteiger partial charge < -0.3 is 15.4 Å². The lowest BCUT2D eigenvalue weighted by molar-refractivity contribution is -0.122. The van der Waals surface area contributed by atoms with E-state index in [1.165, 1.54) is 12.1 Å². The molecule has 1 unspecified atom stereocenters. The van der Waals surface area contributed by atoms with E-state index in [0.29, 0.717) is 42.2 Å². The summed E-state index contributed by atoms with van der Waals surface area (Å²) in [6, 6.07) is 7.65. The zero-order chi connectivity index (χ0) is 21.0. The molecule has 1 aliphatic rings. The van der Waals surface area contributed by atoms with Crippen molar-refractivity contribution in [3.05, 3.63) is 57.3 Å². The Morgan fingerprint density at radius 1 is 1.24 bits per heavy atom. The van der Waals surface area contributed by atoms with Crippen LogP contribution in [0.3, 0.4) is 0 Å². The van der Waals surface area contributed by atoms with Gasteiger partial charge in [0.2, 0.25) is 11.8 Å². The van der Waals surface area contributed by atoms with Crippen LogP contribution in [0.2, 0.25) is 10.0 Å². The number of nitrogens with one attached hydrogen (secondary N) is 2. The Morgan fingerprint density at radius 3 is 2.83 bits per heavy atom. The summed E-state index contributed by atoms with van der Waals surface area (Å²) in [4.78, 5) is 23.5. The van der Waals surface area contributed by atoms with E-state index in [4.69, 9.17) is 27.9 Å². The fourth-order valence-electron chi connectivity index (χ4n) is 3.13. The molecule has 0 saturated carbocycles. The van der Waals surface area contributed by atoms with E-state index in [-0.39, 0.29) is 23.3 Å². The van der Waals surface area contributed by atoms with Crippen molar-refractivity contribution in [1.82, 2.24) is 5.32 Å². The number of fused-ring (bicyclic) bond motifs is 1. The van der Waals surface area contributed by atoms with E-state index in [9.17, 15) is 14.0 Å². The number of carbonyl (C=O) groups excluding carboxylic acids is 2. The van der Waals surface area contributed by atoms with Gasteiger partial charge in [0.25, 0.3) is 0 Å². The molecule has 8 heteroatoms. The van der Waals surface area contributed by atoms with Crippen molar-refractivity contribution >= 4 is 40.7 Å². The van der Waals surface area contributed by atoms with Crippen molar-refractivity contribution in [2.45, 2.75) is 38.6 Å². The standard InChI is InChI=1S/C21H21Cl2FN2O3/c1-12(15-10-18(24)17(23)11-16(15)22)25-20(27)3-2-8-29-14-5-6-19-13(9-14)4-7-21(28)26-19/h5-6,9-12H,2-4,7-8H2,1H3,(H,25,27)(H,26,28). The molecule has 1 aliphatic heterocycles. The first-order chi connectivity index (χ1) is 13.8. The second-order valence-corrected chi connectivity index (χ2v) is 7.71. The summed E-state index contributed by atoms with van der Waals surface area (Å²) in [5, 5.41) is 5.87. The third-order valence-electron chi connectivity index (χ3n) is 4.67. The predicted octanol–water partition coefficient (Wildman–Crippen LogP) is 5.05. The van der Waals surface area contributed by atoms with Gasteiger partial charge in [0.15, 0.2) is 0 Å². The molecule has 0 saturated heterocycles. The summed E-state index contributed by atoms with van der Waals surface area (Å²) in [6.07, 6.45) is 1.94. The lowest BCUT2D eigenvalue weighted by Crippen LogP contribution is -2.27. The predicted molar refractivity (Wildman–Crippen MR) is 111 cm³/mol. The molecule has 0 aromatic heterocycles. The number of rotatable bonds is 7. The molecule has 2 N–H and O–H groups in total. The van der Waals surface area contributed by atoms with Crippen LogP contribution in [0.25, 0.3) is 0 Å². The number of carbonyl (C=O) groups is 2. The van der Waals surface area contributed by atoms with Gasteiger partial charge in [0.1, 0.15) is 11.6 Å². The highest BCUT2D eigenvalue weighted by Gasteiger charge is 2.16. The van der Waals surface area contributed by atoms with Crippen molar-refractivity contribution in [2.75, 3.05) is 11.9 Å². The fraction of sp³-hybridized carbons (Fsp3) is 0.333. The third kappa shape index (κ3) is 5.61. The van der Waals surface area contributed by atoms with Gasteiger partial charge in [-0.15, -0.1) is 0 Å². The van der Waals surface area contributed by atoms with E-state index in [1.807, 2.05) is 12.1 Å². The number of ether oxygens (including phenoxy) is 1. The van der Waals surface area contributed by atoms with Gasteiger partial charge in [0, 0.05) is 23.6 Å². The summed E-state index contributed by atoms with van der Waals surface area (Å²) in [5.74, 6) is -0.0306. The molecular formula is C21H21Cl2FN2O3. The molecule has 0 bridgehead atoms. The van der Waals surface area contributed by atoms with Crippen molar-refractivity contribution in [3.8, 4) is 5.75 Å². The number of anilines is 1. The van der Waals surface area contributed by atoms with Crippen LogP contribution < -0.4 is 15.4 Å². The van der Waals surface area contributed by atoms with Crippen molar-refractivity contribution in [3.63, 3.8) is 0 Å². The van der Waals surface area contributed by atoms with E-state index >= 15 is 0 Å². The average molecular weight is 439 g/mol. The zero-order valence-corrected chi connectivity index (χ0v) is 17.4. The molecule has 0 spiro atoms. The Morgan fingerprint density at radius 2 is 2.03 bits per heavy atom. The van der Waals surface area contributed by atoms with Crippen molar-refractivity contribution < 1.29 is 18.7 Å². The molecule has 5 nitrogen and oxygen atoms in total. The Balaban J connectivity index is 1.44. The maximum Gasteiger partial charge on any atom is 0.224 e. The highest BCUT2D eigenvalue weighted by atomic mass is 35.5. The van der Waals surface area contributed by atoms with E-state index in [2.05, 4.69) is 10.6 Å². The summed E-state index contributed by atoms with van der Waals surface area (Å²) >= 11 is 11.8. The first kappa shape index (κ1) is 21.4. The zero-order valence-electron chi connectivity index (χ0n) is 15.9. The van der Waals surface area contributed by atoms with Crippen molar-refractivity contribution in [2.24, 2.45) is 0 Å². The van der Waals surface area contributed by atoms with Crippen molar-refractivity contribution in [1.29, 1.82) is 0 Å². The quantitative estimate of drug-likeness (QED) is 0.469. The molecule has 3 rings (SSSR count). The average Bonchev–Trinajstić information content (AvgIpc) is 2.68. The number of hydrogen-bond acceptors (Lipinski definition) is 3. The number of amides is 2. The van der Waals surface area contributed by atoms with E-state index in [1.54, 1.807) is 13.0 Å². The van der Waals surface area contributed by atoms with Crippen LogP contribution in [0.4, 0.5) is 10.1 Å². The molecule has 0 radical (unpaired) electrons. The second-order valence-electron chi connectivity index (χ2n) is 6.90. The minimum absolute atomic E-state index is 0.0223. The van der Waals surface area contributed by atoms with Gasteiger partial charge in [-0.3, -0.25) is 9.59 Å². The summed E-state index contributed by atoms with van der Waals surface area (Å²) in [7, 11) is 0. The Bertz CT molecular complexity index is 936. The molecule has 2 aromatic carbocycles. The minimum atomic E-state index is -0.579. The minimum Gasteiger partial charge on any atom is -0.494 e. The first-order valence-corrected chi connectivity index (χ1v) is 10.1. The van der Waals surface area contributed by atoms with Crippen LogP contribution in [-0.2, 0) is 16.0 Å². The third-order valence-corrected chi connectivity index (χ3v) is 5.29. The van der Waals surface area contributed by atoms with Gasteiger partial charge in [-0.05, 0) is 61.2 Å². The molecule has 29 heavy (non-hydrogen) atoms. The fourth-order valence-corrected chi connectivity index (χ4v) is 3.68. The molecular weight excluding hydrogens is 418 g/mol. The maximum absolute atomic E-state index is 13.7. The van der Waals surface area contributed by atoms with Gasteiger partial charge >= 0.3 is 0 Å². The Hall–Kier alpha value is -2.31. The highest BCUT2D eigenvalue weighted by Crippen LogP contribution is 2.29. The SMILES string of the molecule is CC(NC(=O)CCCOc1ccc2c(c1)CCC(=O)N2)c1cc(F)c(Cl)cc1Cl. The topological polar surface area (TPSA) is 67.4 Å². The Kier molecular flexibility index (Phi) is 6.98. The smallest absolute Gasteiger partial charge is 0.224 e. The van der Waals surface area contributed by atoms with Gasteiger partial charge in [0.05, 0.1) is 17.7 Å². The van der Waals surface area contributed by atoms with E-state index in [0.717, 1.165) is 11.3 Å². The number of halogens is 3. The molecule has 2 amide bonds. The molecule has 1 atom stereocenters. The van der Waals surface area contributed by atoms with Crippen LogP contribution in [0, 0.1) is 5.82 Å². The van der Waals surface area contributed by atoms with Crippen LogP contribution in [0.5, 0.6) is 5.75 Å². The molecule has 0 fully saturated rings. The highest BCUT2D eigenvalue weighted by molar-refractivity contribution is 6.35. The van der Waals surface area contributed by atoms with Crippen LogP contribution in [0.1, 0.15) is 43.4 Å². The second kappa shape index (κ2) is 9.46. The molecule has 0 aliphatic carbocycles. The summed E-state index contributed by atoms with van der Waals surface area (Å²) in [6.45, 7) is 2.11. The maximum atomic E-state index is 13.7. The largest absolute Gasteiger partial charge is 0.494 e. The Labute approximate surface area is 178 Å². The van der Waals surface area contributed by atoms with Crippen LogP contribution in [0.15, 0.2) is 30.3 Å². The monoisotopic (exact) mass is 438 g/mol. The van der Waals surface area contributed by atoms with Gasteiger partial charge in [-0.25, -0.2) is 4.39 Å². The molecule has 2 aromatic rings. The molecule has 154 valence electrons. The first-order valence-electron chi connectivity index (χ1n) is 9.33. The number of hydrogen-bond donors (Lipinski definition) is 2. The lowest BCUT2D eigenvalue weighted by atomic mass is 10.0.